The molecule has 2 N–H and O–H groups in total. The standard InChI is InChI=1S/C12H13N3O4/c1-8(2-5-12(16)17)14-10-3-4-11(15(18)19)9(6-10)7-13/h3-4,6,8,14H,2,5H2,1H3,(H,16,17). The van der Waals surface area contributed by atoms with Crippen molar-refractivity contribution in [3.63, 3.8) is 0 Å². The highest BCUT2D eigenvalue weighted by molar-refractivity contribution is 5.66. The number of carboxylic acid groups (broad SMARTS) is 1. The third-order valence-corrected chi connectivity index (χ3v) is 2.52. The quantitative estimate of drug-likeness (QED) is 0.599. The Morgan fingerprint density at radius 2 is 2.32 bits per heavy atom. The van der Waals surface area contributed by atoms with E-state index in [2.05, 4.69) is 5.32 Å². The maximum absolute atomic E-state index is 10.7. The number of hydrogen-bond acceptors (Lipinski definition) is 5. The zero-order valence-corrected chi connectivity index (χ0v) is 10.3. The number of nitriles is 1. The molecule has 0 saturated carbocycles. The lowest BCUT2D eigenvalue weighted by molar-refractivity contribution is -0.385. The average molecular weight is 263 g/mol. The zero-order valence-electron chi connectivity index (χ0n) is 10.3. The molecule has 0 aliphatic rings. The average Bonchev–Trinajstić information content (AvgIpc) is 2.35. The van der Waals surface area contributed by atoms with Gasteiger partial charge in [0.2, 0.25) is 0 Å². The third kappa shape index (κ3) is 4.27. The van der Waals surface area contributed by atoms with Gasteiger partial charge in [-0.1, -0.05) is 0 Å². The summed E-state index contributed by atoms with van der Waals surface area (Å²) in [6.07, 6.45) is 0.459. The first-order chi connectivity index (χ1) is 8.93. The number of aliphatic carboxylic acids is 1. The summed E-state index contributed by atoms with van der Waals surface area (Å²) in [6.45, 7) is 1.80. The van der Waals surface area contributed by atoms with E-state index in [1.54, 1.807) is 13.0 Å². The van der Waals surface area contributed by atoms with Gasteiger partial charge in [-0.2, -0.15) is 5.26 Å². The molecule has 0 amide bonds. The first-order valence-electron chi connectivity index (χ1n) is 5.61. The van der Waals surface area contributed by atoms with Gasteiger partial charge in [0.15, 0.2) is 0 Å². The van der Waals surface area contributed by atoms with Crippen LogP contribution in [0.4, 0.5) is 11.4 Å². The van der Waals surface area contributed by atoms with Gasteiger partial charge in [0.1, 0.15) is 11.6 Å². The Morgan fingerprint density at radius 1 is 1.63 bits per heavy atom. The molecule has 100 valence electrons. The lowest BCUT2D eigenvalue weighted by Crippen LogP contribution is -2.16. The van der Waals surface area contributed by atoms with Gasteiger partial charge in [0.05, 0.1) is 4.92 Å². The summed E-state index contributed by atoms with van der Waals surface area (Å²) in [5.74, 6) is -0.880. The molecule has 0 spiro atoms. The van der Waals surface area contributed by atoms with Gasteiger partial charge in [-0.15, -0.1) is 0 Å². The molecule has 0 radical (unpaired) electrons. The summed E-state index contributed by atoms with van der Waals surface area (Å²) in [7, 11) is 0. The van der Waals surface area contributed by atoms with E-state index >= 15 is 0 Å². The van der Waals surface area contributed by atoms with Gasteiger partial charge in [-0.3, -0.25) is 14.9 Å². The summed E-state index contributed by atoms with van der Waals surface area (Å²) >= 11 is 0. The Hall–Kier alpha value is -2.62. The van der Waals surface area contributed by atoms with Crippen LogP contribution in [0.3, 0.4) is 0 Å². The van der Waals surface area contributed by atoms with Crippen LogP contribution in [-0.2, 0) is 4.79 Å². The number of carbonyl (C=O) groups is 1. The van der Waals surface area contributed by atoms with Crippen LogP contribution in [-0.4, -0.2) is 22.0 Å². The van der Waals surface area contributed by atoms with Gasteiger partial charge in [-0.05, 0) is 25.5 Å². The van der Waals surface area contributed by atoms with Crippen LogP contribution >= 0.6 is 0 Å². The summed E-state index contributed by atoms with van der Waals surface area (Å²) in [5.41, 5.74) is 0.284. The molecule has 0 bridgehead atoms. The summed E-state index contributed by atoms with van der Waals surface area (Å²) in [5, 5.41) is 31.1. The predicted molar refractivity (Wildman–Crippen MR) is 67.8 cm³/mol. The number of benzene rings is 1. The van der Waals surface area contributed by atoms with E-state index in [0.717, 1.165) is 0 Å². The summed E-state index contributed by atoms with van der Waals surface area (Å²) < 4.78 is 0. The van der Waals surface area contributed by atoms with E-state index in [4.69, 9.17) is 10.4 Å². The number of nitro groups is 1. The molecule has 7 heteroatoms. The van der Waals surface area contributed by atoms with Crippen LogP contribution in [0.5, 0.6) is 0 Å². The van der Waals surface area contributed by atoms with Crippen molar-refractivity contribution in [2.75, 3.05) is 5.32 Å². The molecular weight excluding hydrogens is 250 g/mol. The Balaban J connectivity index is 2.78. The van der Waals surface area contributed by atoms with Crippen LogP contribution < -0.4 is 5.32 Å². The van der Waals surface area contributed by atoms with E-state index in [0.29, 0.717) is 12.1 Å². The fraction of sp³-hybridized carbons (Fsp3) is 0.333. The van der Waals surface area contributed by atoms with Gasteiger partial charge < -0.3 is 10.4 Å². The third-order valence-electron chi connectivity index (χ3n) is 2.52. The van der Waals surface area contributed by atoms with E-state index in [1.807, 2.05) is 0 Å². The van der Waals surface area contributed by atoms with Crippen molar-refractivity contribution in [1.29, 1.82) is 5.26 Å². The van der Waals surface area contributed by atoms with Crippen molar-refractivity contribution in [1.82, 2.24) is 0 Å². The Kier molecular flexibility index (Phi) is 4.83. The molecule has 1 atom stereocenters. The van der Waals surface area contributed by atoms with Crippen molar-refractivity contribution in [2.24, 2.45) is 0 Å². The normalized spacial score (nSPS) is 11.4. The topological polar surface area (TPSA) is 116 Å². The molecular formula is C12H13N3O4. The first-order valence-corrected chi connectivity index (χ1v) is 5.61. The maximum atomic E-state index is 10.7. The van der Waals surface area contributed by atoms with E-state index < -0.39 is 10.9 Å². The molecule has 0 fully saturated rings. The van der Waals surface area contributed by atoms with Crippen molar-refractivity contribution in [3.05, 3.63) is 33.9 Å². The van der Waals surface area contributed by atoms with Gasteiger partial charge >= 0.3 is 5.97 Å². The lowest BCUT2D eigenvalue weighted by atomic mass is 10.1. The van der Waals surface area contributed by atoms with E-state index in [-0.39, 0.29) is 23.7 Å². The lowest BCUT2D eigenvalue weighted by Gasteiger charge is -2.14. The molecule has 1 unspecified atom stereocenters. The largest absolute Gasteiger partial charge is 0.481 e. The minimum atomic E-state index is -0.880. The number of anilines is 1. The van der Waals surface area contributed by atoms with Crippen molar-refractivity contribution < 1.29 is 14.8 Å². The van der Waals surface area contributed by atoms with Crippen molar-refractivity contribution >= 4 is 17.3 Å². The van der Waals surface area contributed by atoms with Crippen LogP contribution in [0.15, 0.2) is 18.2 Å². The number of carboxylic acids is 1. The SMILES string of the molecule is CC(CCC(=O)O)Nc1ccc([N+](=O)[O-])c(C#N)c1. The summed E-state index contributed by atoms with van der Waals surface area (Å²) in [4.78, 5) is 20.5. The highest BCUT2D eigenvalue weighted by atomic mass is 16.6. The number of nitrogens with one attached hydrogen (secondary N) is 1. The molecule has 0 aliphatic heterocycles. The second-order valence-electron chi connectivity index (χ2n) is 4.08. The Labute approximate surface area is 109 Å². The monoisotopic (exact) mass is 263 g/mol. The molecule has 0 aromatic heterocycles. The smallest absolute Gasteiger partial charge is 0.303 e. The Bertz CT molecular complexity index is 536. The van der Waals surface area contributed by atoms with Crippen LogP contribution in [0.2, 0.25) is 0 Å². The second kappa shape index (κ2) is 6.35. The zero-order chi connectivity index (χ0) is 14.4. The molecule has 0 aliphatic carbocycles. The first kappa shape index (κ1) is 14.4. The van der Waals surface area contributed by atoms with Gasteiger partial charge in [-0.25, -0.2) is 0 Å². The maximum Gasteiger partial charge on any atom is 0.303 e. The molecule has 0 heterocycles. The number of rotatable bonds is 6. The van der Waals surface area contributed by atoms with E-state index in [9.17, 15) is 14.9 Å². The minimum absolute atomic E-state index is 0.0274. The fourth-order valence-electron chi connectivity index (χ4n) is 1.57. The van der Waals surface area contributed by atoms with Crippen molar-refractivity contribution in [2.45, 2.75) is 25.8 Å². The minimum Gasteiger partial charge on any atom is -0.481 e. The molecule has 1 aromatic carbocycles. The van der Waals surface area contributed by atoms with E-state index in [1.165, 1.54) is 18.2 Å². The van der Waals surface area contributed by atoms with Gasteiger partial charge in [0.25, 0.3) is 5.69 Å². The number of nitro benzene ring substituents is 1. The van der Waals surface area contributed by atoms with Crippen LogP contribution in [0, 0.1) is 21.4 Å². The predicted octanol–water partition coefficient (Wildman–Crippen LogP) is 2.13. The molecule has 1 rings (SSSR count). The Morgan fingerprint density at radius 3 is 2.84 bits per heavy atom. The van der Waals surface area contributed by atoms with Gasteiger partial charge in [0, 0.05) is 24.2 Å². The van der Waals surface area contributed by atoms with Crippen LogP contribution in [0.1, 0.15) is 25.3 Å². The second-order valence-corrected chi connectivity index (χ2v) is 4.08. The summed E-state index contributed by atoms with van der Waals surface area (Å²) in [6, 6.07) is 5.79. The highest BCUT2D eigenvalue weighted by Crippen LogP contribution is 2.22. The van der Waals surface area contributed by atoms with Crippen LogP contribution in [0.25, 0.3) is 0 Å². The molecule has 7 nitrogen and oxygen atoms in total. The van der Waals surface area contributed by atoms with Crippen molar-refractivity contribution in [3.8, 4) is 6.07 Å². The number of nitrogens with zero attached hydrogens (tertiary/aromatic N) is 2. The number of hydrogen-bond donors (Lipinski definition) is 2. The molecule has 1 aromatic rings. The fourth-order valence-corrected chi connectivity index (χ4v) is 1.57. The highest BCUT2D eigenvalue weighted by Gasteiger charge is 2.14. The molecule has 0 saturated heterocycles. The molecule has 19 heavy (non-hydrogen) atoms.